The lowest BCUT2D eigenvalue weighted by Gasteiger charge is -2.11. The van der Waals surface area contributed by atoms with Crippen LogP contribution in [0.5, 0.6) is 11.5 Å². The van der Waals surface area contributed by atoms with Crippen molar-refractivity contribution in [3.63, 3.8) is 0 Å². The smallest absolute Gasteiger partial charge is 0.267 e. The second-order valence-corrected chi connectivity index (χ2v) is 4.92. The third kappa shape index (κ3) is 4.49. The molecule has 2 aromatic rings. The van der Waals surface area contributed by atoms with Crippen molar-refractivity contribution in [1.82, 2.24) is 0 Å². The largest absolute Gasteiger partial charge is 0.493 e. The maximum absolute atomic E-state index is 12.0. The molecule has 0 aliphatic heterocycles. The average molecular weight is 328 g/mol. The van der Waals surface area contributed by atoms with E-state index in [9.17, 15) is 4.79 Å². The van der Waals surface area contributed by atoms with E-state index in [-0.39, 0.29) is 5.91 Å². The molecule has 1 amide bonds. The number of hydrogen-bond donors (Lipinski definition) is 1. The first-order valence-electron chi connectivity index (χ1n) is 7.41. The zero-order valence-electron chi connectivity index (χ0n) is 13.9. The van der Waals surface area contributed by atoms with Crippen molar-refractivity contribution in [1.29, 1.82) is 0 Å². The van der Waals surface area contributed by atoms with Gasteiger partial charge < -0.3 is 19.6 Å². The second-order valence-electron chi connectivity index (χ2n) is 4.92. The Morgan fingerprint density at radius 2 is 1.83 bits per heavy atom. The van der Waals surface area contributed by atoms with Crippen molar-refractivity contribution in [3.05, 3.63) is 54.1 Å². The molecule has 0 bridgehead atoms. The Morgan fingerprint density at radius 1 is 1.08 bits per heavy atom. The van der Waals surface area contributed by atoms with Crippen LogP contribution in [-0.2, 0) is 9.63 Å². The van der Waals surface area contributed by atoms with E-state index in [1.807, 2.05) is 30.3 Å². The molecule has 6 nitrogen and oxygen atoms in total. The van der Waals surface area contributed by atoms with Gasteiger partial charge in [0, 0.05) is 11.3 Å². The van der Waals surface area contributed by atoms with Gasteiger partial charge in [-0.25, -0.2) is 0 Å². The van der Waals surface area contributed by atoms with E-state index < -0.39 is 6.10 Å². The lowest BCUT2D eigenvalue weighted by atomic mass is 10.2. The van der Waals surface area contributed by atoms with Crippen LogP contribution in [0.25, 0.3) is 0 Å². The van der Waals surface area contributed by atoms with E-state index in [1.165, 1.54) is 6.21 Å². The number of para-hydroxylation sites is 2. The summed E-state index contributed by atoms with van der Waals surface area (Å²) < 4.78 is 10.5. The van der Waals surface area contributed by atoms with Gasteiger partial charge in [0.05, 0.1) is 20.4 Å². The molecule has 0 aliphatic rings. The van der Waals surface area contributed by atoms with Gasteiger partial charge in [0.1, 0.15) is 0 Å². The fourth-order valence-corrected chi connectivity index (χ4v) is 2.01. The summed E-state index contributed by atoms with van der Waals surface area (Å²) in [6.45, 7) is 1.62. The topological polar surface area (TPSA) is 69.2 Å². The van der Waals surface area contributed by atoms with Crippen molar-refractivity contribution in [2.24, 2.45) is 5.16 Å². The Labute approximate surface area is 141 Å². The summed E-state index contributed by atoms with van der Waals surface area (Å²) in [4.78, 5) is 17.2. The highest BCUT2D eigenvalue weighted by Crippen LogP contribution is 2.29. The van der Waals surface area contributed by atoms with Gasteiger partial charge in [-0.3, -0.25) is 4.79 Å². The highest BCUT2D eigenvalue weighted by atomic mass is 16.6. The van der Waals surface area contributed by atoms with E-state index in [2.05, 4.69) is 10.5 Å². The quantitative estimate of drug-likeness (QED) is 0.626. The molecule has 0 saturated heterocycles. The average Bonchev–Trinajstić information content (AvgIpc) is 2.62. The number of ether oxygens (including phenoxy) is 2. The summed E-state index contributed by atoms with van der Waals surface area (Å²) in [5.41, 5.74) is 1.39. The molecule has 1 atom stereocenters. The Kier molecular flexibility index (Phi) is 6.19. The molecule has 0 radical (unpaired) electrons. The first kappa shape index (κ1) is 17.3. The minimum Gasteiger partial charge on any atom is -0.493 e. The lowest BCUT2D eigenvalue weighted by Crippen LogP contribution is -2.26. The van der Waals surface area contributed by atoms with E-state index in [1.54, 1.807) is 39.3 Å². The normalized spacial score (nSPS) is 11.8. The lowest BCUT2D eigenvalue weighted by molar-refractivity contribution is -0.126. The Bertz CT molecular complexity index is 701. The summed E-state index contributed by atoms with van der Waals surface area (Å²) in [5, 5.41) is 6.62. The van der Waals surface area contributed by atoms with E-state index in [0.717, 1.165) is 0 Å². The summed E-state index contributed by atoms with van der Waals surface area (Å²) in [6, 6.07) is 14.6. The molecule has 0 heterocycles. The number of nitrogens with one attached hydrogen (secondary N) is 1. The number of benzene rings is 2. The van der Waals surface area contributed by atoms with Gasteiger partial charge in [-0.05, 0) is 31.2 Å². The Balaban J connectivity index is 1.97. The predicted molar refractivity (Wildman–Crippen MR) is 92.8 cm³/mol. The van der Waals surface area contributed by atoms with Gasteiger partial charge in [-0.2, -0.15) is 0 Å². The maximum atomic E-state index is 12.0. The number of anilines is 1. The van der Waals surface area contributed by atoms with Crippen LogP contribution >= 0.6 is 0 Å². The summed E-state index contributed by atoms with van der Waals surface area (Å²) in [7, 11) is 3.11. The molecule has 2 rings (SSSR count). The molecule has 0 fully saturated rings. The number of hydrogen-bond acceptors (Lipinski definition) is 5. The van der Waals surface area contributed by atoms with Crippen molar-refractivity contribution >= 4 is 17.8 Å². The number of rotatable bonds is 7. The SMILES string of the molecule is COc1cccc(/C=N\O[C@H](C)C(=O)Nc2ccccc2)c1OC. The molecule has 0 aliphatic carbocycles. The van der Waals surface area contributed by atoms with Crippen molar-refractivity contribution in [2.75, 3.05) is 19.5 Å². The summed E-state index contributed by atoms with van der Waals surface area (Å²) >= 11 is 0. The van der Waals surface area contributed by atoms with Gasteiger partial charge >= 0.3 is 0 Å². The number of carbonyl (C=O) groups excluding carboxylic acids is 1. The predicted octanol–water partition coefficient (Wildman–Crippen LogP) is 3.08. The fraction of sp³-hybridized carbons (Fsp3) is 0.222. The first-order valence-corrected chi connectivity index (χ1v) is 7.41. The number of nitrogens with zero attached hydrogens (tertiary/aromatic N) is 1. The molecule has 2 aromatic carbocycles. The molecule has 0 saturated carbocycles. The number of carbonyl (C=O) groups is 1. The fourth-order valence-electron chi connectivity index (χ4n) is 2.01. The number of amides is 1. The van der Waals surface area contributed by atoms with Gasteiger partial charge in [0.15, 0.2) is 11.5 Å². The van der Waals surface area contributed by atoms with E-state index >= 15 is 0 Å². The van der Waals surface area contributed by atoms with E-state index in [4.69, 9.17) is 14.3 Å². The monoisotopic (exact) mass is 328 g/mol. The molecule has 0 spiro atoms. The highest BCUT2D eigenvalue weighted by Gasteiger charge is 2.14. The molecule has 6 heteroatoms. The number of methoxy groups -OCH3 is 2. The molecule has 126 valence electrons. The van der Waals surface area contributed by atoms with E-state index in [0.29, 0.717) is 22.7 Å². The molecular weight excluding hydrogens is 308 g/mol. The van der Waals surface area contributed by atoms with Crippen LogP contribution in [0.15, 0.2) is 53.7 Å². The van der Waals surface area contributed by atoms with Crippen LogP contribution in [0.1, 0.15) is 12.5 Å². The van der Waals surface area contributed by atoms with Crippen LogP contribution in [0, 0.1) is 0 Å². The molecule has 0 unspecified atom stereocenters. The second kappa shape index (κ2) is 8.57. The van der Waals surface area contributed by atoms with Crippen LogP contribution in [0.2, 0.25) is 0 Å². The van der Waals surface area contributed by atoms with Crippen LogP contribution < -0.4 is 14.8 Å². The number of oxime groups is 1. The van der Waals surface area contributed by atoms with Crippen LogP contribution in [0.4, 0.5) is 5.69 Å². The first-order chi connectivity index (χ1) is 11.7. The maximum Gasteiger partial charge on any atom is 0.267 e. The molecule has 24 heavy (non-hydrogen) atoms. The third-order valence-corrected chi connectivity index (χ3v) is 3.25. The summed E-state index contributed by atoms with van der Waals surface area (Å²) in [5.74, 6) is 0.862. The Morgan fingerprint density at radius 3 is 2.50 bits per heavy atom. The van der Waals surface area contributed by atoms with Crippen LogP contribution in [-0.4, -0.2) is 32.4 Å². The minimum atomic E-state index is -0.738. The highest BCUT2D eigenvalue weighted by molar-refractivity contribution is 5.94. The minimum absolute atomic E-state index is 0.282. The van der Waals surface area contributed by atoms with Gasteiger partial charge in [0.25, 0.3) is 5.91 Å². The van der Waals surface area contributed by atoms with Crippen LogP contribution in [0.3, 0.4) is 0 Å². The third-order valence-electron chi connectivity index (χ3n) is 3.25. The van der Waals surface area contributed by atoms with Crippen molar-refractivity contribution in [3.8, 4) is 11.5 Å². The van der Waals surface area contributed by atoms with Gasteiger partial charge in [0.2, 0.25) is 6.10 Å². The molecule has 0 aromatic heterocycles. The molecular formula is C18H20N2O4. The van der Waals surface area contributed by atoms with Gasteiger partial charge in [-0.1, -0.05) is 29.4 Å². The zero-order chi connectivity index (χ0) is 17.4. The van der Waals surface area contributed by atoms with Crippen molar-refractivity contribution in [2.45, 2.75) is 13.0 Å². The standard InChI is InChI=1S/C18H20N2O4/c1-13(18(21)20-15-9-5-4-6-10-15)24-19-12-14-8-7-11-16(22-2)17(14)23-3/h4-13H,1-3H3,(H,20,21)/b19-12-/t13-/m1/s1. The molecule has 1 N–H and O–H groups in total. The summed E-state index contributed by atoms with van der Waals surface area (Å²) in [6.07, 6.45) is 0.742. The van der Waals surface area contributed by atoms with Gasteiger partial charge in [-0.15, -0.1) is 0 Å². The Hall–Kier alpha value is -3.02. The van der Waals surface area contributed by atoms with Crippen molar-refractivity contribution < 1.29 is 19.1 Å². The zero-order valence-corrected chi connectivity index (χ0v) is 13.9.